The number of nitrogens with zero attached hydrogens (tertiary/aromatic N) is 3. The van der Waals surface area contributed by atoms with Crippen LogP contribution in [0, 0.1) is 0 Å². The van der Waals surface area contributed by atoms with E-state index in [2.05, 4.69) is 5.32 Å². The Morgan fingerprint density at radius 3 is 2.32 bits per heavy atom. The van der Waals surface area contributed by atoms with Crippen LogP contribution in [0.5, 0.6) is 0 Å². The molecular weight excluding hydrogens is 468 g/mol. The molecule has 0 spiro atoms. The van der Waals surface area contributed by atoms with E-state index in [-0.39, 0.29) is 36.6 Å². The quantitative estimate of drug-likeness (QED) is 0.604. The van der Waals surface area contributed by atoms with E-state index < -0.39 is 12.2 Å². The molecule has 3 aromatic rings. The van der Waals surface area contributed by atoms with Crippen molar-refractivity contribution in [3.8, 4) is 0 Å². The van der Waals surface area contributed by atoms with E-state index in [4.69, 9.17) is 0 Å². The molecule has 0 aliphatic carbocycles. The lowest BCUT2D eigenvalue weighted by molar-refractivity contribution is -0.141. The van der Waals surface area contributed by atoms with Gasteiger partial charge in [-0.1, -0.05) is 54.6 Å². The van der Waals surface area contributed by atoms with Gasteiger partial charge in [0.1, 0.15) is 12.2 Å². The van der Waals surface area contributed by atoms with Crippen molar-refractivity contribution in [2.24, 2.45) is 0 Å². The van der Waals surface area contributed by atoms with Gasteiger partial charge in [0.25, 0.3) is 11.8 Å². The summed E-state index contributed by atoms with van der Waals surface area (Å²) in [5, 5.41) is 2.68. The van der Waals surface area contributed by atoms with Crippen molar-refractivity contribution < 1.29 is 19.2 Å². The smallest absolute Gasteiger partial charge is 0.260 e. The molecule has 3 aliphatic rings. The van der Waals surface area contributed by atoms with Crippen LogP contribution in [0.25, 0.3) is 0 Å². The van der Waals surface area contributed by atoms with Crippen LogP contribution < -0.4 is 10.2 Å². The summed E-state index contributed by atoms with van der Waals surface area (Å²) in [6.07, 6.45) is -0.143. The lowest BCUT2D eigenvalue weighted by atomic mass is 9.93. The van der Waals surface area contributed by atoms with Gasteiger partial charge in [-0.3, -0.25) is 24.1 Å². The minimum Gasteiger partial charge on any atom is -0.357 e. The number of hydrogen-bond donors (Lipinski definition) is 1. The van der Waals surface area contributed by atoms with E-state index in [9.17, 15) is 19.2 Å². The Labute approximate surface area is 214 Å². The van der Waals surface area contributed by atoms with Crippen molar-refractivity contribution >= 4 is 29.3 Å². The molecule has 3 heterocycles. The fraction of sp³-hybridized carbons (Fsp3) is 0.241. The van der Waals surface area contributed by atoms with Gasteiger partial charge in [0, 0.05) is 44.1 Å². The van der Waals surface area contributed by atoms with E-state index >= 15 is 0 Å². The Morgan fingerprint density at radius 1 is 0.865 bits per heavy atom. The van der Waals surface area contributed by atoms with Crippen molar-refractivity contribution in [3.05, 3.63) is 101 Å². The number of benzene rings is 3. The number of anilines is 1. The van der Waals surface area contributed by atoms with Crippen molar-refractivity contribution in [2.75, 3.05) is 18.5 Å². The fourth-order valence-corrected chi connectivity index (χ4v) is 5.75. The normalized spacial score (nSPS) is 19.6. The van der Waals surface area contributed by atoms with Crippen LogP contribution in [-0.4, -0.2) is 53.1 Å². The number of hydrogen-bond acceptors (Lipinski definition) is 4. The van der Waals surface area contributed by atoms with Gasteiger partial charge in [0.2, 0.25) is 11.8 Å². The lowest BCUT2D eigenvalue weighted by Gasteiger charge is -2.41. The Hall–Kier alpha value is -4.46. The van der Waals surface area contributed by atoms with Gasteiger partial charge in [-0.2, -0.15) is 0 Å². The van der Waals surface area contributed by atoms with E-state index in [1.807, 2.05) is 48.5 Å². The van der Waals surface area contributed by atoms with Crippen LogP contribution in [0.1, 0.15) is 50.0 Å². The predicted molar refractivity (Wildman–Crippen MR) is 137 cm³/mol. The number of likely N-dealkylation sites (N-methyl/N-ethyl adjacent to an activating group) is 1. The highest BCUT2D eigenvalue weighted by Crippen LogP contribution is 2.45. The number of rotatable bonds is 4. The van der Waals surface area contributed by atoms with Crippen LogP contribution in [-0.2, 0) is 22.6 Å². The summed E-state index contributed by atoms with van der Waals surface area (Å²) >= 11 is 0. The van der Waals surface area contributed by atoms with Crippen molar-refractivity contribution in [1.82, 2.24) is 15.1 Å². The number of fused-ring (bicyclic) bond motifs is 6. The first-order valence-electron chi connectivity index (χ1n) is 12.4. The highest BCUT2D eigenvalue weighted by Gasteiger charge is 2.47. The highest BCUT2D eigenvalue weighted by atomic mass is 16.2. The van der Waals surface area contributed by atoms with Gasteiger partial charge < -0.3 is 15.1 Å². The second-order valence-corrected chi connectivity index (χ2v) is 9.53. The first-order valence-corrected chi connectivity index (χ1v) is 12.4. The summed E-state index contributed by atoms with van der Waals surface area (Å²) in [7, 11) is 1.57. The molecule has 0 aromatic heterocycles. The van der Waals surface area contributed by atoms with Crippen LogP contribution in [0.2, 0.25) is 0 Å². The zero-order valence-corrected chi connectivity index (χ0v) is 20.4. The van der Waals surface area contributed by atoms with Gasteiger partial charge in [-0.25, -0.2) is 0 Å². The summed E-state index contributed by atoms with van der Waals surface area (Å²) < 4.78 is 0. The largest absolute Gasteiger partial charge is 0.357 e. The third kappa shape index (κ3) is 3.59. The average molecular weight is 495 g/mol. The first-order chi connectivity index (χ1) is 18.0. The molecule has 3 aromatic carbocycles. The molecule has 2 atom stereocenters. The predicted octanol–water partition coefficient (Wildman–Crippen LogP) is 2.89. The molecule has 0 unspecified atom stereocenters. The molecule has 37 heavy (non-hydrogen) atoms. The summed E-state index contributed by atoms with van der Waals surface area (Å²) in [4.78, 5) is 58.1. The molecule has 6 rings (SSSR count). The van der Waals surface area contributed by atoms with Crippen LogP contribution >= 0.6 is 0 Å². The molecule has 0 saturated heterocycles. The molecule has 1 N–H and O–H groups in total. The highest BCUT2D eigenvalue weighted by molar-refractivity contribution is 6.16. The molecule has 0 saturated carbocycles. The summed E-state index contributed by atoms with van der Waals surface area (Å²) in [6.45, 7) is 0.453. The minimum absolute atomic E-state index is 0.0320. The Morgan fingerprint density at radius 2 is 1.54 bits per heavy atom. The molecule has 0 fully saturated rings. The average Bonchev–Trinajstić information content (AvgIpc) is 3.24. The molecule has 8 nitrogen and oxygen atoms in total. The standard InChI is InChI=1S/C29H26N4O4/c1-30-26(35)24-16-18-8-2-3-9-19(18)17-32(24)25(34)14-15-31-27-20-10-4-5-11-21(20)29(37)33(27)23-13-7-6-12-22(23)28(31)36/h2-13,24,27H,14-17H2,1H3,(H,30,35)/t24-,27+/m0/s1. The third-order valence-electron chi connectivity index (χ3n) is 7.57. The Balaban J connectivity index is 1.30. The molecular formula is C29H26N4O4. The second-order valence-electron chi connectivity index (χ2n) is 9.53. The summed E-state index contributed by atoms with van der Waals surface area (Å²) in [5.74, 6) is -0.809. The van der Waals surface area contributed by atoms with Crippen LogP contribution in [0.15, 0.2) is 72.8 Å². The maximum Gasteiger partial charge on any atom is 0.260 e. The van der Waals surface area contributed by atoms with Gasteiger partial charge in [0.05, 0.1) is 11.3 Å². The summed E-state index contributed by atoms with van der Waals surface area (Å²) in [5.41, 5.74) is 4.38. The topological polar surface area (TPSA) is 90.0 Å². The maximum absolute atomic E-state index is 13.6. The minimum atomic E-state index is -0.615. The molecule has 8 heteroatoms. The van der Waals surface area contributed by atoms with Gasteiger partial charge in [0.15, 0.2) is 0 Å². The van der Waals surface area contributed by atoms with E-state index in [1.54, 1.807) is 46.0 Å². The second kappa shape index (κ2) is 8.89. The molecule has 0 radical (unpaired) electrons. The maximum atomic E-state index is 13.6. The van der Waals surface area contributed by atoms with Crippen LogP contribution in [0.3, 0.4) is 0 Å². The van der Waals surface area contributed by atoms with Crippen molar-refractivity contribution in [3.63, 3.8) is 0 Å². The van der Waals surface area contributed by atoms with Gasteiger partial charge >= 0.3 is 0 Å². The van der Waals surface area contributed by atoms with E-state index in [0.29, 0.717) is 29.8 Å². The summed E-state index contributed by atoms with van der Waals surface area (Å²) in [6, 6.07) is 21.6. The van der Waals surface area contributed by atoms with E-state index in [1.165, 1.54) is 0 Å². The molecule has 3 aliphatic heterocycles. The zero-order valence-electron chi connectivity index (χ0n) is 20.4. The lowest BCUT2D eigenvalue weighted by Crippen LogP contribution is -2.53. The number of para-hydroxylation sites is 1. The van der Waals surface area contributed by atoms with E-state index in [0.717, 1.165) is 16.7 Å². The molecule has 4 amide bonds. The number of carbonyl (C=O) groups is 4. The third-order valence-corrected chi connectivity index (χ3v) is 7.57. The molecule has 0 bridgehead atoms. The first kappa shape index (κ1) is 23.0. The Kier molecular flexibility index (Phi) is 5.52. The SMILES string of the molecule is CNC(=O)[C@@H]1Cc2ccccc2CN1C(=O)CCN1C(=O)c2ccccc2N2C(=O)c3ccccc3[C@H]12. The van der Waals surface area contributed by atoms with Crippen molar-refractivity contribution in [2.45, 2.75) is 31.6 Å². The van der Waals surface area contributed by atoms with Gasteiger partial charge in [-0.15, -0.1) is 0 Å². The van der Waals surface area contributed by atoms with Crippen molar-refractivity contribution in [1.29, 1.82) is 0 Å². The Bertz CT molecular complexity index is 1450. The molecule has 186 valence electrons. The number of nitrogens with one attached hydrogen (secondary N) is 1. The van der Waals surface area contributed by atoms with Gasteiger partial charge in [-0.05, 0) is 29.3 Å². The number of carbonyl (C=O) groups excluding carboxylic acids is 4. The monoisotopic (exact) mass is 494 g/mol. The fourth-order valence-electron chi connectivity index (χ4n) is 5.75. The zero-order chi connectivity index (χ0) is 25.7. The number of amides is 4. The van der Waals surface area contributed by atoms with Crippen LogP contribution in [0.4, 0.5) is 5.69 Å².